The van der Waals surface area contributed by atoms with E-state index in [1.807, 2.05) is 38.4 Å². The molecule has 2 amide bonds. The van der Waals surface area contributed by atoms with Crippen molar-refractivity contribution in [3.63, 3.8) is 0 Å². The van der Waals surface area contributed by atoms with Crippen molar-refractivity contribution in [2.24, 2.45) is 5.92 Å². The molecule has 11 nitrogen and oxygen atoms in total. The van der Waals surface area contributed by atoms with E-state index in [0.717, 1.165) is 36.7 Å². The number of aromatic nitrogens is 3. The number of rotatable bonds is 11. The Labute approximate surface area is 249 Å². The lowest BCUT2D eigenvalue weighted by atomic mass is 9.89. The molecule has 1 aliphatic heterocycles. The Morgan fingerprint density at radius 1 is 1.17 bits per heavy atom. The van der Waals surface area contributed by atoms with E-state index in [9.17, 15) is 9.59 Å². The van der Waals surface area contributed by atoms with Gasteiger partial charge >= 0.3 is 11.8 Å². The third-order valence-corrected chi connectivity index (χ3v) is 9.19. The molecular formula is C30H45N7O4Si. The van der Waals surface area contributed by atoms with Gasteiger partial charge in [0.25, 0.3) is 0 Å². The standard InChI is InChI=1S/C30H45N7O4Si/c1-21-10-11-26(22-8-7-9-23(16-22)41-13-12-35(2)3)36(19-21)30(39)29(38)34-25-18-32-28(31)24-17-33-37(27(24)25)20-40-14-15-42(4,5)6/h7-9,16-18,21,26H,10-15,19-20H2,1-6H3,(H2,31,32)(H,34,38)/t21-,26+/m0/s1. The molecule has 0 saturated carbocycles. The van der Waals surface area contributed by atoms with Gasteiger partial charge in [0, 0.05) is 27.8 Å². The number of hydrogen-bond donors (Lipinski definition) is 2. The van der Waals surface area contributed by atoms with Crippen molar-refractivity contribution >= 4 is 42.3 Å². The maximum atomic E-state index is 13.7. The molecule has 0 bridgehead atoms. The summed E-state index contributed by atoms with van der Waals surface area (Å²) < 4.78 is 13.5. The number of pyridine rings is 1. The Kier molecular flexibility index (Phi) is 10.2. The minimum atomic E-state index is -1.25. The van der Waals surface area contributed by atoms with Gasteiger partial charge in [0.1, 0.15) is 24.9 Å². The lowest BCUT2D eigenvalue weighted by Crippen LogP contribution is -2.46. The molecule has 1 aliphatic rings. The van der Waals surface area contributed by atoms with Crippen LogP contribution in [0.3, 0.4) is 0 Å². The molecule has 3 heterocycles. The number of fused-ring (bicyclic) bond motifs is 1. The normalized spacial score (nSPS) is 17.5. The quantitative estimate of drug-likeness (QED) is 0.192. The Bertz CT molecular complexity index is 1390. The number of likely N-dealkylation sites (tertiary alicyclic amines) is 1. The van der Waals surface area contributed by atoms with Gasteiger partial charge in [-0.1, -0.05) is 38.7 Å². The monoisotopic (exact) mass is 595 g/mol. The second-order valence-electron chi connectivity index (χ2n) is 12.6. The Hall–Kier alpha value is -3.48. The molecule has 0 aliphatic carbocycles. The summed E-state index contributed by atoms with van der Waals surface area (Å²) in [6.07, 6.45) is 4.79. The highest BCUT2D eigenvalue weighted by Crippen LogP contribution is 2.35. The van der Waals surface area contributed by atoms with E-state index in [0.29, 0.717) is 42.2 Å². The number of carbonyl (C=O) groups is 2. The highest BCUT2D eigenvalue weighted by molar-refractivity contribution is 6.76. The number of piperidine rings is 1. The summed E-state index contributed by atoms with van der Waals surface area (Å²) in [7, 11) is 2.75. The molecule has 3 N–H and O–H groups in total. The van der Waals surface area contributed by atoms with Gasteiger partial charge < -0.3 is 30.3 Å². The van der Waals surface area contributed by atoms with Crippen molar-refractivity contribution < 1.29 is 19.1 Å². The highest BCUT2D eigenvalue weighted by atomic mass is 28.3. The zero-order chi connectivity index (χ0) is 30.4. The molecule has 0 spiro atoms. The molecule has 2 aromatic heterocycles. The van der Waals surface area contributed by atoms with Crippen LogP contribution in [0.2, 0.25) is 25.7 Å². The zero-order valence-corrected chi connectivity index (χ0v) is 26.7. The SMILES string of the molecule is C[C@H]1CC[C@H](c2cccc(OCCN(C)C)c2)N(C(=O)C(=O)Nc2cnc(N)c3cnn(COCC[Si](C)(C)C)c23)C1. The second-order valence-corrected chi connectivity index (χ2v) is 18.3. The summed E-state index contributed by atoms with van der Waals surface area (Å²) in [4.78, 5) is 35.1. The van der Waals surface area contributed by atoms with E-state index in [-0.39, 0.29) is 18.7 Å². The van der Waals surface area contributed by atoms with E-state index in [1.165, 1.54) is 6.20 Å². The van der Waals surface area contributed by atoms with Crippen LogP contribution in [-0.4, -0.2) is 84.9 Å². The van der Waals surface area contributed by atoms with Crippen LogP contribution in [0.15, 0.2) is 36.7 Å². The largest absolute Gasteiger partial charge is 0.492 e. The van der Waals surface area contributed by atoms with E-state index < -0.39 is 19.9 Å². The van der Waals surface area contributed by atoms with Crippen LogP contribution in [0.25, 0.3) is 10.9 Å². The molecule has 0 unspecified atom stereocenters. The number of nitrogen functional groups attached to an aromatic ring is 1. The van der Waals surface area contributed by atoms with Gasteiger partial charge in [-0.2, -0.15) is 5.10 Å². The summed E-state index contributed by atoms with van der Waals surface area (Å²) in [5.74, 6) is -0.00130. The van der Waals surface area contributed by atoms with Gasteiger partial charge in [-0.15, -0.1) is 0 Å². The molecule has 2 atom stereocenters. The van der Waals surface area contributed by atoms with Gasteiger partial charge in [-0.25, -0.2) is 9.67 Å². The first-order valence-corrected chi connectivity index (χ1v) is 18.3. The summed E-state index contributed by atoms with van der Waals surface area (Å²) >= 11 is 0. The van der Waals surface area contributed by atoms with Crippen molar-refractivity contribution in [2.75, 3.05) is 51.4 Å². The predicted molar refractivity (Wildman–Crippen MR) is 168 cm³/mol. The topological polar surface area (TPSA) is 128 Å². The maximum absolute atomic E-state index is 13.7. The lowest BCUT2D eigenvalue weighted by Gasteiger charge is -2.38. The van der Waals surface area contributed by atoms with Gasteiger partial charge in [-0.3, -0.25) is 9.59 Å². The molecule has 12 heteroatoms. The van der Waals surface area contributed by atoms with Crippen LogP contribution < -0.4 is 15.8 Å². The summed E-state index contributed by atoms with van der Waals surface area (Å²) in [5.41, 5.74) is 8.00. The average molecular weight is 596 g/mol. The van der Waals surface area contributed by atoms with Gasteiger partial charge in [-0.05, 0) is 56.6 Å². The number of carbonyl (C=O) groups excluding carboxylic acids is 2. The minimum Gasteiger partial charge on any atom is -0.492 e. The molecule has 1 saturated heterocycles. The van der Waals surface area contributed by atoms with Crippen LogP contribution in [0.4, 0.5) is 11.5 Å². The minimum absolute atomic E-state index is 0.201. The van der Waals surface area contributed by atoms with Crippen molar-refractivity contribution in [3.05, 3.63) is 42.2 Å². The third-order valence-electron chi connectivity index (χ3n) is 7.48. The number of nitrogens with two attached hydrogens (primary N) is 1. The Morgan fingerprint density at radius 3 is 2.69 bits per heavy atom. The number of ether oxygens (including phenoxy) is 2. The van der Waals surface area contributed by atoms with E-state index in [2.05, 4.69) is 46.9 Å². The van der Waals surface area contributed by atoms with Gasteiger partial charge in [0.05, 0.1) is 35.0 Å². The van der Waals surface area contributed by atoms with Crippen molar-refractivity contribution in [1.82, 2.24) is 24.6 Å². The molecular weight excluding hydrogens is 550 g/mol. The average Bonchev–Trinajstić information content (AvgIpc) is 3.37. The molecule has 1 aromatic carbocycles. The fourth-order valence-electron chi connectivity index (χ4n) is 5.03. The number of anilines is 2. The van der Waals surface area contributed by atoms with Crippen molar-refractivity contribution in [3.8, 4) is 5.75 Å². The smallest absolute Gasteiger partial charge is 0.314 e. The zero-order valence-electron chi connectivity index (χ0n) is 25.7. The molecule has 228 valence electrons. The van der Waals surface area contributed by atoms with Crippen molar-refractivity contribution in [1.29, 1.82) is 0 Å². The van der Waals surface area contributed by atoms with Crippen LogP contribution >= 0.6 is 0 Å². The number of likely N-dealkylation sites (N-methyl/N-ethyl adjacent to an activating group) is 1. The number of nitrogens with one attached hydrogen (secondary N) is 1. The van der Waals surface area contributed by atoms with Crippen molar-refractivity contribution in [2.45, 2.75) is 58.2 Å². The van der Waals surface area contributed by atoms with Crippen LogP contribution in [-0.2, 0) is 21.1 Å². The van der Waals surface area contributed by atoms with Crippen LogP contribution in [0, 0.1) is 5.92 Å². The number of nitrogens with zero attached hydrogens (tertiary/aromatic N) is 5. The number of amides is 2. The fraction of sp³-hybridized carbons (Fsp3) is 0.533. The van der Waals surface area contributed by atoms with E-state index in [4.69, 9.17) is 15.2 Å². The molecule has 1 fully saturated rings. The van der Waals surface area contributed by atoms with Gasteiger partial charge in [0.15, 0.2) is 0 Å². The van der Waals surface area contributed by atoms with E-state index >= 15 is 0 Å². The van der Waals surface area contributed by atoms with Crippen LogP contribution in [0.5, 0.6) is 5.75 Å². The first-order chi connectivity index (χ1) is 19.9. The molecule has 4 rings (SSSR count). The maximum Gasteiger partial charge on any atom is 0.314 e. The van der Waals surface area contributed by atoms with Crippen LogP contribution in [0.1, 0.15) is 31.4 Å². The molecule has 42 heavy (non-hydrogen) atoms. The van der Waals surface area contributed by atoms with E-state index in [1.54, 1.807) is 15.8 Å². The Balaban J connectivity index is 1.51. The molecule has 0 radical (unpaired) electrons. The first kappa shape index (κ1) is 31.5. The first-order valence-electron chi connectivity index (χ1n) is 14.6. The number of hydrogen-bond acceptors (Lipinski definition) is 8. The second kappa shape index (κ2) is 13.7. The predicted octanol–water partition coefficient (Wildman–Crippen LogP) is 4.20. The third kappa shape index (κ3) is 8.08. The highest BCUT2D eigenvalue weighted by Gasteiger charge is 2.35. The Morgan fingerprint density at radius 2 is 1.95 bits per heavy atom. The summed E-state index contributed by atoms with van der Waals surface area (Å²) in [6.45, 7) is 11.6. The fourth-order valence-corrected chi connectivity index (χ4v) is 5.78. The summed E-state index contributed by atoms with van der Waals surface area (Å²) in [5, 5.41) is 7.80. The number of benzene rings is 1. The molecule has 3 aromatic rings. The lowest BCUT2D eigenvalue weighted by molar-refractivity contribution is -0.146. The van der Waals surface area contributed by atoms with Gasteiger partial charge in [0.2, 0.25) is 0 Å². The summed E-state index contributed by atoms with van der Waals surface area (Å²) in [6, 6.07) is 8.61.